The smallest absolute Gasteiger partial charge is 0.220 e. The SMILES string of the molecule is C=C(COCCOCCNC(=O)CC[C@H](NC(=O)CCCCCCCCCCCCCCC(N)I)C(=C)O)NCCOCCOCC(C)=O. The Labute approximate surface area is 309 Å². The predicted octanol–water partition coefficient (Wildman–Crippen LogP) is 5.38. The minimum atomic E-state index is -0.648. The van der Waals surface area contributed by atoms with Gasteiger partial charge in [0.15, 0.2) is 5.78 Å². The maximum absolute atomic E-state index is 12.4. The number of carbonyl (C=O) groups is 3. The van der Waals surface area contributed by atoms with Crippen molar-refractivity contribution in [2.45, 2.75) is 120 Å². The van der Waals surface area contributed by atoms with Crippen LogP contribution in [0.15, 0.2) is 24.6 Å². The molecule has 2 amide bonds. The second kappa shape index (κ2) is 34.7. The van der Waals surface area contributed by atoms with Gasteiger partial charge in [0.1, 0.15) is 12.4 Å². The number of unbranched alkanes of at least 4 members (excludes halogenated alkanes) is 11. The van der Waals surface area contributed by atoms with Crippen molar-refractivity contribution in [3.05, 3.63) is 24.6 Å². The molecule has 0 aliphatic carbocycles. The third-order valence-electron chi connectivity index (χ3n) is 7.55. The van der Waals surface area contributed by atoms with E-state index >= 15 is 0 Å². The van der Waals surface area contributed by atoms with Gasteiger partial charge in [0, 0.05) is 31.6 Å². The summed E-state index contributed by atoms with van der Waals surface area (Å²) in [5.74, 6) is -0.474. The molecule has 0 rings (SSSR count). The fourth-order valence-electron chi connectivity index (χ4n) is 4.81. The Morgan fingerprint density at radius 2 is 1.14 bits per heavy atom. The van der Waals surface area contributed by atoms with E-state index in [-0.39, 0.29) is 42.8 Å². The average Bonchev–Trinajstić information content (AvgIpc) is 3.05. The highest BCUT2D eigenvalue weighted by atomic mass is 127. The van der Waals surface area contributed by atoms with Crippen LogP contribution in [0.5, 0.6) is 0 Å². The van der Waals surface area contributed by atoms with Gasteiger partial charge in [0.05, 0.1) is 56.3 Å². The van der Waals surface area contributed by atoms with Crippen LogP contribution in [-0.2, 0) is 33.3 Å². The van der Waals surface area contributed by atoms with Crippen LogP contribution in [0.25, 0.3) is 0 Å². The summed E-state index contributed by atoms with van der Waals surface area (Å²) in [7, 11) is 0. The molecular weight excluding hydrogens is 743 g/mol. The van der Waals surface area contributed by atoms with Crippen molar-refractivity contribution in [3.63, 3.8) is 0 Å². The summed E-state index contributed by atoms with van der Waals surface area (Å²) in [5, 5.41) is 18.6. The molecule has 0 aromatic carbocycles. The fourth-order valence-corrected chi connectivity index (χ4v) is 5.25. The molecule has 0 heterocycles. The minimum Gasteiger partial charge on any atom is -0.511 e. The van der Waals surface area contributed by atoms with Crippen molar-refractivity contribution in [3.8, 4) is 0 Å². The van der Waals surface area contributed by atoms with Gasteiger partial charge in [-0.2, -0.15) is 0 Å². The molecule has 0 saturated carbocycles. The number of ketones is 1. The van der Waals surface area contributed by atoms with Crippen molar-refractivity contribution in [1.29, 1.82) is 0 Å². The first-order valence-corrected chi connectivity index (χ1v) is 19.4. The van der Waals surface area contributed by atoms with E-state index < -0.39 is 6.04 Å². The van der Waals surface area contributed by atoms with E-state index in [9.17, 15) is 19.5 Å². The normalized spacial score (nSPS) is 12.3. The number of alkyl halides is 1. The Bertz CT molecular complexity index is 878. The molecule has 286 valence electrons. The molecular formula is C36H67IN4O8. The van der Waals surface area contributed by atoms with E-state index in [0.29, 0.717) is 69.8 Å². The van der Waals surface area contributed by atoms with Crippen molar-refractivity contribution in [2.75, 3.05) is 65.9 Å². The van der Waals surface area contributed by atoms with Crippen LogP contribution in [0, 0.1) is 0 Å². The molecule has 6 N–H and O–H groups in total. The highest BCUT2D eigenvalue weighted by molar-refractivity contribution is 14.1. The van der Waals surface area contributed by atoms with E-state index in [1.807, 2.05) is 0 Å². The first kappa shape index (κ1) is 47.2. The van der Waals surface area contributed by atoms with Gasteiger partial charge in [-0.3, -0.25) is 14.4 Å². The third kappa shape index (κ3) is 35.8. The largest absolute Gasteiger partial charge is 0.511 e. The van der Waals surface area contributed by atoms with Gasteiger partial charge in [-0.1, -0.05) is 106 Å². The molecule has 2 atom stereocenters. The highest BCUT2D eigenvalue weighted by Gasteiger charge is 2.16. The lowest BCUT2D eigenvalue weighted by molar-refractivity contribution is -0.123. The van der Waals surface area contributed by atoms with Crippen molar-refractivity contribution in [2.24, 2.45) is 5.73 Å². The number of hydrogen-bond donors (Lipinski definition) is 5. The number of halogens is 1. The second-order valence-corrected chi connectivity index (χ2v) is 14.0. The summed E-state index contributed by atoms with van der Waals surface area (Å²) < 4.78 is 21.8. The lowest BCUT2D eigenvalue weighted by Crippen LogP contribution is -2.37. The monoisotopic (exact) mass is 810 g/mol. The van der Waals surface area contributed by atoms with Crippen LogP contribution < -0.4 is 21.7 Å². The molecule has 0 fully saturated rings. The summed E-state index contributed by atoms with van der Waals surface area (Å²) in [4.78, 5) is 35.4. The van der Waals surface area contributed by atoms with Crippen LogP contribution >= 0.6 is 22.6 Å². The molecule has 0 aromatic rings. The summed E-state index contributed by atoms with van der Waals surface area (Å²) >= 11 is 2.28. The lowest BCUT2D eigenvalue weighted by Gasteiger charge is -2.17. The van der Waals surface area contributed by atoms with E-state index in [2.05, 4.69) is 51.7 Å². The quantitative estimate of drug-likeness (QED) is 0.0181. The predicted molar refractivity (Wildman–Crippen MR) is 204 cm³/mol. The highest BCUT2D eigenvalue weighted by Crippen LogP contribution is 2.14. The van der Waals surface area contributed by atoms with E-state index in [1.165, 1.54) is 64.7 Å². The van der Waals surface area contributed by atoms with Crippen LogP contribution in [0.4, 0.5) is 0 Å². The number of carbonyl (C=O) groups excluding carboxylic acids is 3. The zero-order valence-electron chi connectivity index (χ0n) is 30.2. The van der Waals surface area contributed by atoms with Crippen LogP contribution in [0.1, 0.15) is 110 Å². The van der Waals surface area contributed by atoms with Gasteiger partial charge in [-0.25, -0.2) is 0 Å². The number of hydrogen-bond acceptors (Lipinski definition) is 10. The van der Waals surface area contributed by atoms with Crippen LogP contribution in [0.3, 0.4) is 0 Å². The first-order valence-electron chi connectivity index (χ1n) is 18.2. The van der Waals surface area contributed by atoms with Gasteiger partial charge in [0.2, 0.25) is 11.8 Å². The Kier molecular flexibility index (Phi) is 33.4. The summed E-state index contributed by atoms with van der Waals surface area (Å²) in [6, 6.07) is -0.648. The summed E-state index contributed by atoms with van der Waals surface area (Å²) in [6.45, 7) is 12.7. The van der Waals surface area contributed by atoms with E-state index in [0.717, 1.165) is 31.4 Å². The number of aliphatic hydroxyl groups is 1. The summed E-state index contributed by atoms with van der Waals surface area (Å²) in [6.07, 6.45) is 16.4. The Hall–Kier alpha value is -1.78. The van der Waals surface area contributed by atoms with Gasteiger partial charge < -0.3 is 45.7 Å². The topological polar surface area (TPSA) is 170 Å². The van der Waals surface area contributed by atoms with E-state index in [4.69, 9.17) is 24.7 Å². The molecule has 49 heavy (non-hydrogen) atoms. The fraction of sp³-hybridized carbons (Fsp3) is 0.806. The molecule has 0 bridgehead atoms. The number of nitrogens with one attached hydrogen (secondary N) is 3. The number of rotatable bonds is 37. The molecule has 12 nitrogen and oxygen atoms in total. The molecule has 0 saturated heterocycles. The van der Waals surface area contributed by atoms with Gasteiger partial charge >= 0.3 is 0 Å². The number of nitrogens with two attached hydrogens (primary N) is 1. The lowest BCUT2D eigenvalue weighted by atomic mass is 10.0. The Morgan fingerprint density at radius 3 is 1.67 bits per heavy atom. The summed E-state index contributed by atoms with van der Waals surface area (Å²) in [5.41, 5.74) is 6.50. The molecule has 1 unspecified atom stereocenters. The van der Waals surface area contributed by atoms with E-state index in [1.54, 1.807) is 0 Å². The molecule has 0 aliphatic rings. The number of amides is 2. The van der Waals surface area contributed by atoms with Gasteiger partial charge in [0.25, 0.3) is 0 Å². The number of ether oxygens (including phenoxy) is 4. The molecule has 0 radical (unpaired) electrons. The number of aliphatic hydroxyl groups excluding tert-OH is 1. The maximum Gasteiger partial charge on any atom is 0.220 e. The molecule has 0 aromatic heterocycles. The zero-order chi connectivity index (χ0) is 36.4. The van der Waals surface area contributed by atoms with Gasteiger partial charge in [-0.15, -0.1) is 0 Å². The molecule has 0 aliphatic heterocycles. The van der Waals surface area contributed by atoms with Crippen LogP contribution in [0.2, 0.25) is 0 Å². The Balaban J connectivity index is 3.68. The third-order valence-corrected chi connectivity index (χ3v) is 8.17. The average molecular weight is 811 g/mol. The van der Waals surface area contributed by atoms with Gasteiger partial charge in [-0.05, 0) is 26.2 Å². The molecule has 0 spiro atoms. The van der Waals surface area contributed by atoms with Crippen molar-refractivity contribution < 1.29 is 38.4 Å². The standard InChI is InChI=1S/C36H67IN4O8/c1-30(39-20-22-46-25-27-49-29-31(2)42)28-48-26-24-47-23-21-40-35(44)19-18-33(32(3)43)41-36(45)17-15-13-11-9-7-5-4-6-8-10-12-14-16-34(37)38/h33-34,39,43H,1,3-29,38H2,2H3,(H,40,44)(H,41,45)/t33-,34?/m0/s1. The number of Topliss-reactive ketones (excluding diaryl/α,β-unsaturated/α-hetero) is 1. The van der Waals surface area contributed by atoms with Crippen molar-refractivity contribution in [1.82, 2.24) is 16.0 Å². The Morgan fingerprint density at radius 1 is 0.653 bits per heavy atom. The van der Waals surface area contributed by atoms with Crippen molar-refractivity contribution >= 4 is 40.2 Å². The molecule has 13 heteroatoms. The minimum absolute atomic E-state index is 0.0110. The second-order valence-electron chi connectivity index (χ2n) is 12.4. The first-order chi connectivity index (χ1) is 23.6. The van der Waals surface area contributed by atoms with Crippen LogP contribution in [-0.4, -0.2) is 98.7 Å². The maximum atomic E-state index is 12.4. The zero-order valence-corrected chi connectivity index (χ0v) is 32.4.